The molecule has 0 aliphatic rings. The molecule has 0 fully saturated rings. The number of hydrogen-bond donors (Lipinski definition) is 1. The summed E-state index contributed by atoms with van der Waals surface area (Å²) in [6, 6.07) is 7.59. The number of ether oxygens (including phenoxy) is 3. The van der Waals surface area contributed by atoms with Crippen molar-refractivity contribution in [2.75, 3.05) is 33.4 Å². The van der Waals surface area contributed by atoms with Gasteiger partial charge >= 0.3 is 0 Å². The van der Waals surface area contributed by atoms with Crippen LogP contribution in [0.25, 0.3) is 0 Å². The van der Waals surface area contributed by atoms with E-state index in [0.29, 0.717) is 6.61 Å². The smallest absolute Gasteiger partial charge is 0.119 e. The largest absolute Gasteiger partial charge is 0.497 e. The van der Waals surface area contributed by atoms with Crippen LogP contribution >= 0.6 is 0 Å². The molecule has 0 heterocycles. The minimum Gasteiger partial charge on any atom is -0.497 e. The number of nitrogens with one attached hydrogen (secondary N) is 1. The van der Waals surface area contributed by atoms with Gasteiger partial charge in [0.15, 0.2) is 0 Å². The molecule has 0 radical (unpaired) electrons. The van der Waals surface area contributed by atoms with Crippen LogP contribution in [0.15, 0.2) is 24.3 Å². The van der Waals surface area contributed by atoms with E-state index in [2.05, 4.69) is 12.2 Å². The SMILES string of the molecule is CCOC(C)CNCCOc1ccc(OC)cc1. The van der Waals surface area contributed by atoms with Crippen LogP contribution in [0.5, 0.6) is 11.5 Å². The van der Waals surface area contributed by atoms with Crippen molar-refractivity contribution in [3.63, 3.8) is 0 Å². The first-order valence-electron chi connectivity index (χ1n) is 6.35. The summed E-state index contributed by atoms with van der Waals surface area (Å²) in [5.74, 6) is 1.70. The molecule has 1 rings (SSSR count). The van der Waals surface area contributed by atoms with E-state index in [1.165, 1.54) is 0 Å². The number of benzene rings is 1. The van der Waals surface area contributed by atoms with Gasteiger partial charge in [-0.2, -0.15) is 0 Å². The Morgan fingerprint density at radius 2 is 1.83 bits per heavy atom. The monoisotopic (exact) mass is 253 g/mol. The molecular weight excluding hydrogens is 230 g/mol. The van der Waals surface area contributed by atoms with Gasteiger partial charge in [-0.1, -0.05) is 0 Å². The summed E-state index contributed by atoms with van der Waals surface area (Å²) in [5.41, 5.74) is 0. The standard InChI is InChI=1S/C14H23NO3/c1-4-17-12(2)11-15-9-10-18-14-7-5-13(16-3)6-8-14/h5-8,12,15H,4,9-11H2,1-3H3. The molecule has 1 unspecified atom stereocenters. The summed E-state index contributed by atoms with van der Waals surface area (Å²) in [4.78, 5) is 0. The zero-order valence-corrected chi connectivity index (χ0v) is 11.4. The second-order valence-electron chi connectivity index (χ2n) is 3.99. The van der Waals surface area contributed by atoms with Crippen LogP contribution < -0.4 is 14.8 Å². The topological polar surface area (TPSA) is 39.7 Å². The maximum absolute atomic E-state index is 5.59. The molecule has 0 amide bonds. The first kappa shape index (κ1) is 14.8. The van der Waals surface area contributed by atoms with Crippen LogP contribution in [-0.2, 0) is 4.74 Å². The fraction of sp³-hybridized carbons (Fsp3) is 0.571. The number of methoxy groups -OCH3 is 1. The Morgan fingerprint density at radius 3 is 2.44 bits per heavy atom. The third kappa shape index (κ3) is 5.89. The molecule has 0 bridgehead atoms. The molecule has 0 saturated carbocycles. The van der Waals surface area contributed by atoms with Gasteiger partial charge in [0.2, 0.25) is 0 Å². The van der Waals surface area contributed by atoms with E-state index in [-0.39, 0.29) is 6.10 Å². The van der Waals surface area contributed by atoms with Crippen molar-refractivity contribution < 1.29 is 14.2 Å². The van der Waals surface area contributed by atoms with E-state index in [1.807, 2.05) is 31.2 Å². The Balaban J connectivity index is 2.10. The van der Waals surface area contributed by atoms with Crippen LogP contribution in [0.1, 0.15) is 13.8 Å². The Kier molecular flexibility index (Phi) is 7.22. The second-order valence-corrected chi connectivity index (χ2v) is 3.99. The zero-order valence-electron chi connectivity index (χ0n) is 11.4. The quantitative estimate of drug-likeness (QED) is 0.684. The summed E-state index contributed by atoms with van der Waals surface area (Å²) >= 11 is 0. The van der Waals surface area contributed by atoms with E-state index >= 15 is 0 Å². The molecule has 0 spiro atoms. The fourth-order valence-corrected chi connectivity index (χ4v) is 1.56. The highest BCUT2D eigenvalue weighted by Gasteiger charge is 1.99. The number of hydrogen-bond acceptors (Lipinski definition) is 4. The average molecular weight is 253 g/mol. The lowest BCUT2D eigenvalue weighted by molar-refractivity contribution is 0.0755. The zero-order chi connectivity index (χ0) is 13.2. The lowest BCUT2D eigenvalue weighted by Gasteiger charge is -2.13. The molecule has 0 aromatic heterocycles. The minimum atomic E-state index is 0.246. The highest BCUT2D eigenvalue weighted by atomic mass is 16.5. The van der Waals surface area contributed by atoms with Crippen LogP contribution in [0.2, 0.25) is 0 Å². The van der Waals surface area contributed by atoms with E-state index in [9.17, 15) is 0 Å². The molecule has 1 atom stereocenters. The van der Waals surface area contributed by atoms with E-state index in [4.69, 9.17) is 14.2 Å². The normalized spacial score (nSPS) is 12.2. The molecule has 0 saturated heterocycles. The average Bonchev–Trinajstić information content (AvgIpc) is 2.39. The summed E-state index contributed by atoms with van der Waals surface area (Å²) in [5, 5.41) is 3.29. The van der Waals surface area contributed by atoms with Gasteiger partial charge in [-0.3, -0.25) is 0 Å². The third-order valence-corrected chi connectivity index (χ3v) is 2.49. The summed E-state index contributed by atoms with van der Waals surface area (Å²) in [6.45, 7) is 7.11. The molecule has 0 aliphatic carbocycles. The molecule has 4 nitrogen and oxygen atoms in total. The predicted octanol–water partition coefficient (Wildman–Crippen LogP) is 2.09. The molecule has 4 heteroatoms. The molecule has 1 aromatic carbocycles. The van der Waals surface area contributed by atoms with Crippen LogP contribution in [0, 0.1) is 0 Å². The van der Waals surface area contributed by atoms with Crippen molar-refractivity contribution in [3.8, 4) is 11.5 Å². The maximum Gasteiger partial charge on any atom is 0.119 e. The maximum atomic E-state index is 5.59. The van der Waals surface area contributed by atoms with Gasteiger partial charge in [-0.25, -0.2) is 0 Å². The van der Waals surface area contributed by atoms with Crippen LogP contribution in [0.4, 0.5) is 0 Å². The Hall–Kier alpha value is -1.26. The summed E-state index contributed by atoms with van der Waals surface area (Å²) < 4.78 is 16.1. The van der Waals surface area contributed by atoms with Crippen molar-refractivity contribution in [2.24, 2.45) is 0 Å². The van der Waals surface area contributed by atoms with Crippen LogP contribution in [-0.4, -0.2) is 39.5 Å². The van der Waals surface area contributed by atoms with Crippen molar-refractivity contribution >= 4 is 0 Å². The predicted molar refractivity (Wildman–Crippen MR) is 72.4 cm³/mol. The fourth-order valence-electron chi connectivity index (χ4n) is 1.56. The molecule has 0 aliphatic heterocycles. The van der Waals surface area contributed by atoms with Gasteiger partial charge in [0.25, 0.3) is 0 Å². The lowest BCUT2D eigenvalue weighted by atomic mass is 10.3. The molecule has 102 valence electrons. The highest BCUT2D eigenvalue weighted by Crippen LogP contribution is 2.16. The van der Waals surface area contributed by atoms with Gasteiger partial charge in [0.1, 0.15) is 18.1 Å². The van der Waals surface area contributed by atoms with E-state index < -0.39 is 0 Å². The van der Waals surface area contributed by atoms with Crippen molar-refractivity contribution in [1.82, 2.24) is 5.32 Å². The van der Waals surface area contributed by atoms with Gasteiger partial charge in [0, 0.05) is 19.7 Å². The summed E-state index contributed by atoms with van der Waals surface area (Å²) in [7, 11) is 1.65. The second kappa shape index (κ2) is 8.78. The number of rotatable bonds is 9. The minimum absolute atomic E-state index is 0.246. The Labute approximate surface area is 109 Å². The molecule has 1 N–H and O–H groups in total. The van der Waals surface area contributed by atoms with Gasteiger partial charge in [0.05, 0.1) is 13.2 Å². The van der Waals surface area contributed by atoms with Crippen molar-refractivity contribution in [1.29, 1.82) is 0 Å². The van der Waals surface area contributed by atoms with E-state index in [1.54, 1.807) is 7.11 Å². The molecule has 18 heavy (non-hydrogen) atoms. The van der Waals surface area contributed by atoms with Gasteiger partial charge in [-0.05, 0) is 38.1 Å². The summed E-state index contributed by atoms with van der Waals surface area (Å²) in [6.07, 6.45) is 0.246. The van der Waals surface area contributed by atoms with Crippen molar-refractivity contribution in [2.45, 2.75) is 20.0 Å². The highest BCUT2D eigenvalue weighted by molar-refractivity contribution is 5.31. The molecular formula is C14H23NO3. The first-order valence-corrected chi connectivity index (χ1v) is 6.35. The lowest BCUT2D eigenvalue weighted by Crippen LogP contribution is -2.30. The van der Waals surface area contributed by atoms with Gasteiger partial charge < -0.3 is 19.5 Å². The molecule has 1 aromatic rings. The van der Waals surface area contributed by atoms with E-state index in [0.717, 1.165) is 31.2 Å². The Bertz CT molecular complexity index is 313. The van der Waals surface area contributed by atoms with Crippen molar-refractivity contribution in [3.05, 3.63) is 24.3 Å². The van der Waals surface area contributed by atoms with Crippen LogP contribution in [0.3, 0.4) is 0 Å². The Morgan fingerprint density at radius 1 is 1.17 bits per heavy atom. The van der Waals surface area contributed by atoms with Gasteiger partial charge in [-0.15, -0.1) is 0 Å². The first-order chi connectivity index (χ1) is 8.76. The third-order valence-electron chi connectivity index (χ3n) is 2.49.